The Bertz CT molecular complexity index is 1640. The molecule has 2 aromatic carbocycles. The van der Waals surface area contributed by atoms with Crippen LogP contribution in [0.3, 0.4) is 0 Å². The standard InChI is InChI=1S/C26H27N5O3/c1-5-34-15-14-29-24(32)22-23(28(4)26(29)33)27-25-30(22)16-21(19-11-7-6-8-12-19)31(25)20-13-9-10-17(2)18(20)3/h6-13,16H,5,14-15H2,1-4H3. The highest BCUT2D eigenvalue weighted by Gasteiger charge is 2.23. The van der Waals surface area contributed by atoms with Gasteiger partial charge in [0.25, 0.3) is 5.56 Å². The van der Waals surface area contributed by atoms with Crippen LogP contribution in [0.5, 0.6) is 0 Å². The van der Waals surface area contributed by atoms with Crippen molar-refractivity contribution < 1.29 is 4.74 Å². The van der Waals surface area contributed by atoms with E-state index in [-0.39, 0.29) is 18.7 Å². The number of hydrogen-bond acceptors (Lipinski definition) is 4. The van der Waals surface area contributed by atoms with Gasteiger partial charge in [-0.25, -0.2) is 4.79 Å². The number of hydrogen-bond donors (Lipinski definition) is 0. The van der Waals surface area contributed by atoms with Crippen molar-refractivity contribution in [3.05, 3.63) is 86.7 Å². The molecule has 0 aliphatic heterocycles. The van der Waals surface area contributed by atoms with E-state index in [4.69, 9.17) is 9.72 Å². The Morgan fingerprint density at radius 3 is 2.50 bits per heavy atom. The summed E-state index contributed by atoms with van der Waals surface area (Å²) in [5.41, 5.74) is 5.12. The lowest BCUT2D eigenvalue weighted by Gasteiger charge is -2.13. The van der Waals surface area contributed by atoms with Crippen LogP contribution in [-0.4, -0.2) is 36.3 Å². The van der Waals surface area contributed by atoms with E-state index in [1.807, 2.05) is 55.6 Å². The quantitative estimate of drug-likeness (QED) is 0.366. The summed E-state index contributed by atoms with van der Waals surface area (Å²) in [6, 6.07) is 16.2. The fraction of sp³-hybridized carbons (Fsp3) is 0.269. The fourth-order valence-corrected chi connectivity index (χ4v) is 4.42. The van der Waals surface area contributed by atoms with Crippen molar-refractivity contribution in [2.24, 2.45) is 7.05 Å². The maximum absolute atomic E-state index is 13.5. The molecule has 0 aliphatic rings. The zero-order valence-corrected chi connectivity index (χ0v) is 19.8. The molecular formula is C26H27N5O3. The van der Waals surface area contributed by atoms with E-state index in [1.54, 1.807) is 11.4 Å². The minimum atomic E-state index is -0.403. The van der Waals surface area contributed by atoms with Crippen molar-refractivity contribution in [1.29, 1.82) is 0 Å². The molecule has 0 spiro atoms. The third kappa shape index (κ3) is 3.30. The predicted octanol–water partition coefficient (Wildman–Crippen LogP) is 3.46. The van der Waals surface area contributed by atoms with E-state index >= 15 is 0 Å². The van der Waals surface area contributed by atoms with Gasteiger partial charge >= 0.3 is 5.69 Å². The molecule has 5 aromatic rings. The summed E-state index contributed by atoms with van der Waals surface area (Å²) >= 11 is 0. The second-order valence-corrected chi connectivity index (χ2v) is 8.38. The van der Waals surface area contributed by atoms with Crippen LogP contribution < -0.4 is 11.2 Å². The monoisotopic (exact) mass is 457 g/mol. The minimum Gasteiger partial charge on any atom is -0.380 e. The van der Waals surface area contributed by atoms with Crippen LogP contribution in [0.1, 0.15) is 18.1 Å². The van der Waals surface area contributed by atoms with Gasteiger partial charge in [-0.05, 0) is 38.0 Å². The SMILES string of the molecule is CCOCCn1c(=O)c2c(nc3n(-c4cccc(C)c4C)c(-c4ccccc4)cn23)n(C)c1=O. The summed E-state index contributed by atoms with van der Waals surface area (Å²) < 4.78 is 11.9. The van der Waals surface area contributed by atoms with E-state index in [0.29, 0.717) is 23.5 Å². The highest BCUT2D eigenvalue weighted by atomic mass is 16.5. The maximum Gasteiger partial charge on any atom is 0.332 e. The highest BCUT2D eigenvalue weighted by Crippen LogP contribution is 2.30. The molecule has 34 heavy (non-hydrogen) atoms. The van der Waals surface area contributed by atoms with Crippen molar-refractivity contribution in [3.63, 3.8) is 0 Å². The first kappa shape index (κ1) is 21.9. The second kappa shape index (κ2) is 8.46. The molecule has 0 bridgehead atoms. The van der Waals surface area contributed by atoms with Crippen molar-refractivity contribution in [3.8, 4) is 16.9 Å². The predicted molar refractivity (Wildman–Crippen MR) is 133 cm³/mol. The molecule has 8 heteroatoms. The van der Waals surface area contributed by atoms with Crippen LogP contribution in [0.4, 0.5) is 0 Å². The third-order valence-electron chi connectivity index (χ3n) is 6.40. The molecule has 5 rings (SSSR count). The van der Waals surface area contributed by atoms with Crippen LogP contribution in [0.2, 0.25) is 0 Å². The van der Waals surface area contributed by atoms with Crippen LogP contribution in [0.25, 0.3) is 33.9 Å². The molecule has 0 fully saturated rings. The van der Waals surface area contributed by atoms with Crippen molar-refractivity contribution in [1.82, 2.24) is 23.1 Å². The zero-order valence-electron chi connectivity index (χ0n) is 19.8. The summed E-state index contributed by atoms with van der Waals surface area (Å²) in [4.78, 5) is 31.3. The van der Waals surface area contributed by atoms with Crippen molar-refractivity contribution >= 4 is 16.9 Å². The van der Waals surface area contributed by atoms with Crippen LogP contribution in [0.15, 0.2) is 64.3 Å². The molecule has 0 saturated carbocycles. The molecular weight excluding hydrogens is 430 g/mol. The molecule has 3 heterocycles. The van der Waals surface area contributed by atoms with Crippen LogP contribution >= 0.6 is 0 Å². The topological polar surface area (TPSA) is 75.5 Å². The number of imidazole rings is 2. The molecule has 0 N–H and O–H groups in total. The second-order valence-electron chi connectivity index (χ2n) is 8.38. The van der Waals surface area contributed by atoms with E-state index in [1.165, 1.54) is 9.13 Å². The molecule has 0 radical (unpaired) electrons. The summed E-state index contributed by atoms with van der Waals surface area (Å²) in [6.07, 6.45) is 1.93. The van der Waals surface area contributed by atoms with E-state index < -0.39 is 5.69 Å². The van der Waals surface area contributed by atoms with Crippen molar-refractivity contribution in [2.45, 2.75) is 27.3 Å². The lowest BCUT2D eigenvalue weighted by molar-refractivity contribution is 0.137. The Morgan fingerprint density at radius 1 is 1.00 bits per heavy atom. The van der Waals surface area contributed by atoms with Crippen LogP contribution in [-0.2, 0) is 18.3 Å². The number of aromatic nitrogens is 5. The van der Waals surface area contributed by atoms with E-state index in [9.17, 15) is 9.59 Å². The van der Waals surface area contributed by atoms with Crippen molar-refractivity contribution in [2.75, 3.05) is 13.2 Å². The summed E-state index contributed by atoms with van der Waals surface area (Å²) in [7, 11) is 1.65. The number of fused-ring (bicyclic) bond motifs is 3. The van der Waals surface area contributed by atoms with Gasteiger partial charge in [0.1, 0.15) is 0 Å². The molecule has 0 unspecified atom stereocenters. The van der Waals surface area contributed by atoms with Gasteiger partial charge in [-0.3, -0.25) is 22.9 Å². The molecule has 0 atom stereocenters. The van der Waals surface area contributed by atoms with Gasteiger partial charge in [0.2, 0.25) is 5.78 Å². The molecule has 0 aliphatic carbocycles. The first-order chi connectivity index (χ1) is 16.4. The molecule has 8 nitrogen and oxygen atoms in total. The fourth-order valence-electron chi connectivity index (χ4n) is 4.42. The third-order valence-corrected chi connectivity index (χ3v) is 6.40. The summed E-state index contributed by atoms with van der Waals surface area (Å²) in [6.45, 7) is 7.03. The zero-order chi connectivity index (χ0) is 24.0. The smallest absolute Gasteiger partial charge is 0.332 e. The Kier molecular flexibility index (Phi) is 5.45. The van der Waals surface area contributed by atoms with Gasteiger partial charge in [-0.1, -0.05) is 42.5 Å². The van der Waals surface area contributed by atoms with Gasteiger partial charge in [0.05, 0.1) is 24.5 Å². The largest absolute Gasteiger partial charge is 0.380 e. The van der Waals surface area contributed by atoms with Crippen LogP contribution in [0, 0.1) is 13.8 Å². The lowest BCUT2D eigenvalue weighted by atomic mass is 10.1. The Labute approximate surface area is 196 Å². The van der Waals surface area contributed by atoms with E-state index in [0.717, 1.165) is 28.1 Å². The lowest BCUT2D eigenvalue weighted by Crippen LogP contribution is -2.40. The summed E-state index contributed by atoms with van der Waals surface area (Å²) in [5.74, 6) is 0.581. The van der Waals surface area contributed by atoms with E-state index in [2.05, 4.69) is 24.5 Å². The Morgan fingerprint density at radius 2 is 1.76 bits per heavy atom. The molecule has 3 aromatic heterocycles. The number of ether oxygens (including phenoxy) is 1. The molecule has 174 valence electrons. The molecule has 0 saturated heterocycles. The van der Waals surface area contributed by atoms with Gasteiger partial charge in [0.15, 0.2) is 11.2 Å². The number of benzene rings is 2. The molecule has 0 amide bonds. The number of rotatable bonds is 6. The highest BCUT2D eigenvalue weighted by molar-refractivity contribution is 5.79. The van der Waals surface area contributed by atoms with Gasteiger partial charge in [-0.15, -0.1) is 0 Å². The number of nitrogens with zero attached hydrogens (tertiary/aromatic N) is 5. The summed E-state index contributed by atoms with van der Waals surface area (Å²) in [5, 5.41) is 0. The Hall–Kier alpha value is -3.91. The normalized spacial score (nSPS) is 11.6. The number of aryl methyl sites for hydroxylation is 2. The van der Waals surface area contributed by atoms with Gasteiger partial charge in [-0.2, -0.15) is 4.98 Å². The first-order valence-corrected chi connectivity index (χ1v) is 11.4. The van der Waals surface area contributed by atoms with Gasteiger partial charge in [0, 0.05) is 25.4 Å². The maximum atomic E-state index is 13.5. The average Bonchev–Trinajstić information content (AvgIpc) is 3.39. The van der Waals surface area contributed by atoms with Gasteiger partial charge < -0.3 is 4.74 Å². The first-order valence-electron chi connectivity index (χ1n) is 11.4. The Balaban J connectivity index is 1.89. The minimum absolute atomic E-state index is 0.186. The average molecular weight is 458 g/mol.